The van der Waals surface area contributed by atoms with Crippen LogP contribution in [0.2, 0.25) is 0 Å². The molecule has 0 saturated heterocycles. The summed E-state index contributed by atoms with van der Waals surface area (Å²) in [5.74, 6) is 0. The number of nitrogens with two attached hydrogens (primary N) is 2. The third-order valence-electron chi connectivity index (χ3n) is 1.39. The van der Waals surface area contributed by atoms with Gasteiger partial charge in [-0.05, 0) is 12.2 Å². The summed E-state index contributed by atoms with van der Waals surface area (Å²) in [7, 11) is 1.89. The lowest BCUT2D eigenvalue weighted by Crippen LogP contribution is -2.41. The highest BCUT2D eigenvalue weighted by atomic mass is 15.2. The Morgan fingerprint density at radius 1 is 1.67 bits per heavy atom. The molecule has 9 heavy (non-hydrogen) atoms. The molecule has 0 bridgehead atoms. The molecule has 0 fully saturated rings. The van der Waals surface area contributed by atoms with Gasteiger partial charge in [-0.15, -0.1) is 0 Å². The normalized spacial score (nSPS) is 26.2. The Morgan fingerprint density at radius 2 is 2.33 bits per heavy atom. The second kappa shape index (κ2) is 2.11. The average molecular weight is 125 g/mol. The quantitative estimate of drug-likeness (QED) is 0.462. The van der Waals surface area contributed by atoms with Gasteiger partial charge in [-0.1, -0.05) is 0 Å². The molecule has 0 aromatic heterocycles. The number of nitrogens with zero attached hydrogens (tertiary/aromatic N) is 1. The van der Waals surface area contributed by atoms with E-state index in [0.29, 0.717) is 5.70 Å². The summed E-state index contributed by atoms with van der Waals surface area (Å²) in [6.07, 6.45) is 5.43. The zero-order valence-electron chi connectivity index (χ0n) is 5.41. The van der Waals surface area contributed by atoms with Gasteiger partial charge in [-0.2, -0.15) is 0 Å². The van der Waals surface area contributed by atoms with Gasteiger partial charge in [0.15, 0.2) is 0 Å². The van der Waals surface area contributed by atoms with Crippen molar-refractivity contribution in [1.82, 2.24) is 4.90 Å². The molecule has 0 radical (unpaired) electrons. The molecule has 1 atom stereocenters. The molecule has 3 nitrogen and oxygen atoms in total. The highest BCUT2D eigenvalue weighted by molar-refractivity contribution is 5.18. The summed E-state index contributed by atoms with van der Waals surface area (Å²) in [6, 6.07) is 0. The highest BCUT2D eigenvalue weighted by Crippen LogP contribution is 2.03. The Kier molecular flexibility index (Phi) is 1.44. The Balaban J connectivity index is 2.73. The molecule has 1 aliphatic heterocycles. The summed E-state index contributed by atoms with van der Waals surface area (Å²) in [4.78, 5) is 1.86. The van der Waals surface area contributed by atoms with Crippen molar-refractivity contribution in [2.75, 3.05) is 7.05 Å². The van der Waals surface area contributed by atoms with Crippen molar-refractivity contribution in [2.45, 2.75) is 6.17 Å². The Labute approximate surface area is 54.6 Å². The van der Waals surface area contributed by atoms with E-state index in [2.05, 4.69) is 0 Å². The van der Waals surface area contributed by atoms with Crippen LogP contribution in [-0.2, 0) is 0 Å². The lowest BCUT2D eigenvalue weighted by molar-refractivity contribution is 0.370. The molecule has 0 aromatic rings. The van der Waals surface area contributed by atoms with E-state index < -0.39 is 0 Å². The maximum Gasteiger partial charge on any atom is 0.117 e. The number of likely N-dealkylation sites (N-methyl/N-ethyl adjacent to an activating group) is 1. The van der Waals surface area contributed by atoms with Gasteiger partial charge in [0, 0.05) is 18.9 Å². The van der Waals surface area contributed by atoms with Crippen LogP contribution in [0.1, 0.15) is 0 Å². The molecule has 0 amide bonds. The van der Waals surface area contributed by atoms with E-state index in [0.717, 1.165) is 0 Å². The molecule has 4 N–H and O–H groups in total. The molecule has 0 saturated carbocycles. The molecule has 0 aliphatic carbocycles. The number of hydrogen-bond donors (Lipinski definition) is 2. The van der Waals surface area contributed by atoms with Crippen LogP contribution in [-0.4, -0.2) is 18.1 Å². The first-order chi connectivity index (χ1) is 4.22. The van der Waals surface area contributed by atoms with E-state index in [1.807, 2.05) is 30.3 Å². The van der Waals surface area contributed by atoms with Gasteiger partial charge >= 0.3 is 0 Å². The van der Waals surface area contributed by atoms with E-state index in [1.54, 1.807) is 0 Å². The van der Waals surface area contributed by atoms with Crippen LogP contribution in [0.4, 0.5) is 0 Å². The monoisotopic (exact) mass is 125 g/mol. The van der Waals surface area contributed by atoms with E-state index >= 15 is 0 Å². The van der Waals surface area contributed by atoms with Gasteiger partial charge in [0.25, 0.3) is 0 Å². The fourth-order valence-electron chi connectivity index (χ4n) is 0.716. The predicted molar refractivity (Wildman–Crippen MR) is 37.1 cm³/mol. The van der Waals surface area contributed by atoms with Gasteiger partial charge < -0.3 is 16.4 Å². The lowest BCUT2D eigenvalue weighted by atomic mass is 10.2. The molecular weight excluding hydrogens is 114 g/mol. The molecule has 1 aliphatic rings. The van der Waals surface area contributed by atoms with Crippen LogP contribution >= 0.6 is 0 Å². The molecule has 50 valence electrons. The van der Waals surface area contributed by atoms with Crippen molar-refractivity contribution in [3.05, 3.63) is 24.0 Å². The second-order valence-electron chi connectivity index (χ2n) is 2.12. The Morgan fingerprint density at radius 3 is 2.78 bits per heavy atom. The molecule has 3 heteroatoms. The largest absolute Gasteiger partial charge is 0.399 e. The zero-order valence-corrected chi connectivity index (χ0v) is 5.41. The first-order valence-electron chi connectivity index (χ1n) is 2.83. The van der Waals surface area contributed by atoms with E-state index in [4.69, 9.17) is 11.5 Å². The molecule has 0 aromatic carbocycles. The van der Waals surface area contributed by atoms with Crippen molar-refractivity contribution < 1.29 is 0 Å². The summed E-state index contributed by atoms with van der Waals surface area (Å²) in [5.41, 5.74) is 11.8. The van der Waals surface area contributed by atoms with Crippen LogP contribution < -0.4 is 11.5 Å². The lowest BCUT2D eigenvalue weighted by Gasteiger charge is -2.25. The first-order valence-corrected chi connectivity index (χ1v) is 2.83. The van der Waals surface area contributed by atoms with Crippen molar-refractivity contribution in [1.29, 1.82) is 0 Å². The SMILES string of the molecule is CN1C=CC=C(N)C1N. The van der Waals surface area contributed by atoms with Crippen LogP contribution in [0.5, 0.6) is 0 Å². The first kappa shape index (κ1) is 6.16. The molecular formula is C6H11N3. The second-order valence-corrected chi connectivity index (χ2v) is 2.12. The van der Waals surface area contributed by atoms with Crippen molar-refractivity contribution >= 4 is 0 Å². The van der Waals surface area contributed by atoms with Crippen molar-refractivity contribution in [3.8, 4) is 0 Å². The third kappa shape index (κ3) is 1.05. The molecule has 0 spiro atoms. The molecule has 1 unspecified atom stereocenters. The highest BCUT2D eigenvalue weighted by Gasteiger charge is 2.09. The zero-order chi connectivity index (χ0) is 6.85. The van der Waals surface area contributed by atoms with Crippen LogP contribution in [0.15, 0.2) is 24.0 Å². The van der Waals surface area contributed by atoms with E-state index in [1.165, 1.54) is 0 Å². The third-order valence-corrected chi connectivity index (χ3v) is 1.39. The van der Waals surface area contributed by atoms with E-state index in [-0.39, 0.29) is 6.17 Å². The topological polar surface area (TPSA) is 55.3 Å². The van der Waals surface area contributed by atoms with Gasteiger partial charge in [-0.25, -0.2) is 0 Å². The number of allylic oxidation sites excluding steroid dienone is 2. The fraction of sp³-hybridized carbons (Fsp3) is 0.333. The smallest absolute Gasteiger partial charge is 0.117 e. The van der Waals surface area contributed by atoms with Gasteiger partial charge in [0.1, 0.15) is 6.17 Å². The summed E-state index contributed by atoms with van der Waals surface area (Å²) in [6.45, 7) is 0. The number of hydrogen-bond acceptors (Lipinski definition) is 3. The predicted octanol–water partition coefficient (Wildman–Crippen LogP) is -0.427. The van der Waals surface area contributed by atoms with Crippen LogP contribution in [0.25, 0.3) is 0 Å². The fourth-order valence-corrected chi connectivity index (χ4v) is 0.716. The minimum atomic E-state index is -0.144. The summed E-state index contributed by atoms with van der Waals surface area (Å²) in [5, 5.41) is 0. The van der Waals surface area contributed by atoms with Crippen LogP contribution in [0, 0.1) is 0 Å². The average Bonchev–Trinajstić information content (AvgIpc) is 1.83. The van der Waals surface area contributed by atoms with Gasteiger partial charge in [0.2, 0.25) is 0 Å². The maximum absolute atomic E-state index is 5.60. The van der Waals surface area contributed by atoms with E-state index in [9.17, 15) is 0 Å². The maximum atomic E-state index is 5.60. The van der Waals surface area contributed by atoms with Crippen molar-refractivity contribution in [3.63, 3.8) is 0 Å². The minimum absolute atomic E-state index is 0.144. The molecule has 1 heterocycles. The number of rotatable bonds is 0. The minimum Gasteiger partial charge on any atom is -0.399 e. The van der Waals surface area contributed by atoms with Crippen LogP contribution in [0.3, 0.4) is 0 Å². The molecule has 1 rings (SSSR count). The van der Waals surface area contributed by atoms with Gasteiger partial charge in [-0.3, -0.25) is 0 Å². The van der Waals surface area contributed by atoms with Crippen molar-refractivity contribution in [2.24, 2.45) is 11.5 Å². The summed E-state index contributed by atoms with van der Waals surface area (Å²) >= 11 is 0. The van der Waals surface area contributed by atoms with Gasteiger partial charge in [0.05, 0.1) is 0 Å². The standard InChI is InChI=1S/C6H11N3/c1-9-4-2-3-5(7)6(9)8/h2-4,6H,7-8H2,1H3. The Hall–Kier alpha value is -0.960. The summed E-state index contributed by atoms with van der Waals surface area (Å²) < 4.78 is 0. The Bertz CT molecular complexity index is 160.